The molecule has 0 N–H and O–H groups in total. The summed E-state index contributed by atoms with van der Waals surface area (Å²) < 4.78 is 5.28. The van der Waals surface area contributed by atoms with Crippen LogP contribution in [-0.4, -0.2) is 36.0 Å². The van der Waals surface area contributed by atoms with Crippen molar-refractivity contribution in [3.63, 3.8) is 0 Å². The Morgan fingerprint density at radius 2 is 2.33 bits per heavy atom. The fraction of sp³-hybridized carbons (Fsp3) is 0.375. The van der Waals surface area contributed by atoms with Crippen molar-refractivity contribution >= 4 is 17.2 Å². The molecule has 2 heterocycles. The third kappa shape index (κ3) is 3.08. The molecule has 1 aromatic carbocycles. The normalized spacial score (nSPS) is 18.0. The number of hydrogen-bond donors (Lipinski definition) is 0. The van der Waals surface area contributed by atoms with Crippen molar-refractivity contribution < 1.29 is 9.53 Å². The Hall–Kier alpha value is -1.88. The number of carbonyl (C=O) groups is 1. The smallest absolute Gasteiger partial charge is 0.257 e. The molecule has 1 amide bonds. The van der Waals surface area contributed by atoms with Gasteiger partial charge < -0.3 is 9.64 Å². The van der Waals surface area contributed by atoms with Crippen LogP contribution in [-0.2, 0) is 6.42 Å². The van der Waals surface area contributed by atoms with Gasteiger partial charge >= 0.3 is 0 Å². The predicted molar refractivity (Wildman–Crippen MR) is 82.8 cm³/mol. The van der Waals surface area contributed by atoms with E-state index in [1.807, 2.05) is 40.7 Å². The topological polar surface area (TPSA) is 42.4 Å². The van der Waals surface area contributed by atoms with Gasteiger partial charge in [0.05, 0.1) is 17.7 Å². The quantitative estimate of drug-likeness (QED) is 0.872. The molecule has 1 aliphatic heterocycles. The Morgan fingerprint density at radius 1 is 1.48 bits per heavy atom. The zero-order valence-corrected chi connectivity index (χ0v) is 12.8. The first-order chi connectivity index (χ1) is 10.3. The van der Waals surface area contributed by atoms with Crippen LogP contribution in [0.15, 0.2) is 35.8 Å². The van der Waals surface area contributed by atoms with Gasteiger partial charge in [0.2, 0.25) is 0 Å². The highest BCUT2D eigenvalue weighted by Crippen LogP contribution is 2.26. The molecule has 1 aliphatic rings. The van der Waals surface area contributed by atoms with E-state index in [0.29, 0.717) is 17.2 Å². The Labute approximate surface area is 128 Å². The van der Waals surface area contributed by atoms with Crippen LogP contribution in [0.1, 0.15) is 21.8 Å². The first-order valence-electron chi connectivity index (χ1n) is 7.08. The van der Waals surface area contributed by atoms with Gasteiger partial charge in [0.1, 0.15) is 5.75 Å². The summed E-state index contributed by atoms with van der Waals surface area (Å²) in [5.74, 6) is 1.22. The van der Waals surface area contributed by atoms with E-state index in [-0.39, 0.29) is 5.91 Å². The molecule has 1 atom stereocenters. The number of methoxy groups -OCH3 is 1. The first kappa shape index (κ1) is 14.1. The monoisotopic (exact) mass is 302 g/mol. The molecule has 0 saturated carbocycles. The van der Waals surface area contributed by atoms with E-state index in [2.05, 4.69) is 4.98 Å². The van der Waals surface area contributed by atoms with E-state index in [4.69, 9.17) is 4.74 Å². The van der Waals surface area contributed by atoms with Crippen molar-refractivity contribution in [1.29, 1.82) is 0 Å². The van der Waals surface area contributed by atoms with Crippen LogP contribution in [0.5, 0.6) is 5.75 Å². The number of para-hydroxylation sites is 1. The molecule has 0 spiro atoms. The van der Waals surface area contributed by atoms with E-state index in [0.717, 1.165) is 30.9 Å². The lowest BCUT2D eigenvalue weighted by Crippen LogP contribution is -2.29. The fourth-order valence-corrected chi connectivity index (χ4v) is 3.51. The third-order valence-corrected chi connectivity index (χ3v) is 4.66. The highest BCUT2D eigenvalue weighted by atomic mass is 32.1. The zero-order valence-electron chi connectivity index (χ0n) is 12.0. The lowest BCUT2D eigenvalue weighted by Gasteiger charge is -2.18. The lowest BCUT2D eigenvalue weighted by molar-refractivity contribution is 0.0783. The summed E-state index contributed by atoms with van der Waals surface area (Å²) in [6.45, 7) is 1.61. The van der Waals surface area contributed by atoms with E-state index in [1.54, 1.807) is 18.4 Å². The number of ether oxygens (including phenoxy) is 1. The number of likely N-dealkylation sites (tertiary alicyclic amines) is 1. The van der Waals surface area contributed by atoms with Gasteiger partial charge in [0.15, 0.2) is 0 Å². The number of rotatable bonds is 4. The van der Waals surface area contributed by atoms with Crippen LogP contribution >= 0.6 is 11.3 Å². The van der Waals surface area contributed by atoms with Crippen molar-refractivity contribution in [2.75, 3.05) is 20.2 Å². The number of hydrogen-bond acceptors (Lipinski definition) is 4. The van der Waals surface area contributed by atoms with Crippen LogP contribution in [0.2, 0.25) is 0 Å². The summed E-state index contributed by atoms with van der Waals surface area (Å²) in [5.41, 5.74) is 0.648. The number of carbonyl (C=O) groups excluding carboxylic acids is 1. The maximum absolute atomic E-state index is 12.6. The van der Waals surface area contributed by atoms with Crippen LogP contribution in [0.4, 0.5) is 0 Å². The zero-order chi connectivity index (χ0) is 14.7. The average molecular weight is 302 g/mol. The molecule has 1 saturated heterocycles. The second-order valence-electron chi connectivity index (χ2n) is 5.24. The predicted octanol–water partition coefficient (Wildman–Crippen LogP) is 2.86. The van der Waals surface area contributed by atoms with Crippen molar-refractivity contribution in [1.82, 2.24) is 9.88 Å². The second-order valence-corrected chi connectivity index (χ2v) is 6.22. The molecule has 2 aromatic rings. The Bertz CT molecular complexity index is 612. The van der Waals surface area contributed by atoms with E-state index >= 15 is 0 Å². The molecule has 21 heavy (non-hydrogen) atoms. The molecular formula is C16H18N2O2S. The maximum Gasteiger partial charge on any atom is 0.257 e. The standard InChI is InChI=1S/C16H18N2O2S/c1-20-14-5-3-2-4-13(14)16(19)18-8-6-12(11-18)10-15-17-7-9-21-15/h2-5,7,9,12H,6,8,10-11H2,1H3. The van der Waals surface area contributed by atoms with Crippen LogP contribution in [0.3, 0.4) is 0 Å². The Balaban J connectivity index is 1.66. The fourth-order valence-electron chi connectivity index (χ4n) is 2.78. The third-order valence-electron chi connectivity index (χ3n) is 3.86. The molecule has 1 aromatic heterocycles. The van der Waals surface area contributed by atoms with Gasteiger partial charge in [0.25, 0.3) is 5.91 Å². The SMILES string of the molecule is COc1ccccc1C(=O)N1CCC(Cc2nccs2)C1. The molecule has 0 radical (unpaired) electrons. The molecule has 1 unspecified atom stereocenters. The summed E-state index contributed by atoms with van der Waals surface area (Å²) >= 11 is 1.69. The van der Waals surface area contributed by atoms with Gasteiger partial charge in [-0.05, 0) is 24.5 Å². The summed E-state index contributed by atoms with van der Waals surface area (Å²) in [6, 6.07) is 7.41. The van der Waals surface area contributed by atoms with Crippen LogP contribution in [0.25, 0.3) is 0 Å². The average Bonchev–Trinajstić information content (AvgIpc) is 3.19. The van der Waals surface area contributed by atoms with E-state index in [1.165, 1.54) is 0 Å². The minimum atomic E-state index is 0.0640. The lowest BCUT2D eigenvalue weighted by atomic mass is 10.1. The van der Waals surface area contributed by atoms with Gasteiger partial charge in [0, 0.05) is 31.1 Å². The minimum absolute atomic E-state index is 0.0640. The van der Waals surface area contributed by atoms with Crippen LogP contribution in [0, 0.1) is 5.92 Å². The Kier molecular flexibility index (Phi) is 4.20. The number of benzene rings is 1. The van der Waals surface area contributed by atoms with Crippen molar-refractivity contribution in [3.05, 3.63) is 46.4 Å². The number of thiazole rings is 1. The van der Waals surface area contributed by atoms with Gasteiger partial charge in [-0.25, -0.2) is 4.98 Å². The molecule has 0 aliphatic carbocycles. The van der Waals surface area contributed by atoms with Crippen molar-refractivity contribution in [3.8, 4) is 5.75 Å². The van der Waals surface area contributed by atoms with Crippen molar-refractivity contribution in [2.45, 2.75) is 12.8 Å². The molecular weight excluding hydrogens is 284 g/mol. The summed E-state index contributed by atoms with van der Waals surface area (Å²) in [6.07, 6.45) is 3.85. The highest BCUT2D eigenvalue weighted by molar-refractivity contribution is 7.09. The summed E-state index contributed by atoms with van der Waals surface area (Å²) in [5, 5.41) is 3.16. The number of nitrogens with zero attached hydrogens (tertiary/aromatic N) is 2. The molecule has 4 nitrogen and oxygen atoms in total. The first-order valence-corrected chi connectivity index (χ1v) is 7.96. The van der Waals surface area contributed by atoms with Gasteiger partial charge in [-0.1, -0.05) is 12.1 Å². The number of aromatic nitrogens is 1. The molecule has 1 fully saturated rings. The van der Waals surface area contributed by atoms with Gasteiger partial charge in [-0.2, -0.15) is 0 Å². The summed E-state index contributed by atoms with van der Waals surface area (Å²) in [4.78, 5) is 18.9. The molecule has 5 heteroatoms. The molecule has 3 rings (SSSR count). The number of amides is 1. The van der Waals surface area contributed by atoms with E-state index in [9.17, 15) is 4.79 Å². The maximum atomic E-state index is 12.6. The van der Waals surface area contributed by atoms with Gasteiger partial charge in [-0.3, -0.25) is 4.79 Å². The Morgan fingerprint density at radius 3 is 3.10 bits per heavy atom. The van der Waals surface area contributed by atoms with Crippen LogP contribution < -0.4 is 4.74 Å². The van der Waals surface area contributed by atoms with Gasteiger partial charge in [-0.15, -0.1) is 11.3 Å². The largest absolute Gasteiger partial charge is 0.496 e. The summed E-state index contributed by atoms with van der Waals surface area (Å²) in [7, 11) is 1.60. The highest BCUT2D eigenvalue weighted by Gasteiger charge is 2.28. The molecule has 110 valence electrons. The van der Waals surface area contributed by atoms with E-state index < -0.39 is 0 Å². The minimum Gasteiger partial charge on any atom is -0.496 e. The second kappa shape index (κ2) is 6.26. The van der Waals surface area contributed by atoms with Crippen molar-refractivity contribution in [2.24, 2.45) is 5.92 Å². The molecule has 0 bridgehead atoms.